The van der Waals surface area contributed by atoms with Crippen LogP contribution in [0, 0.1) is 0 Å². The van der Waals surface area contributed by atoms with Gasteiger partial charge < -0.3 is 4.90 Å². The molecule has 0 radical (unpaired) electrons. The second-order valence-electron chi connectivity index (χ2n) is 4.49. The van der Waals surface area contributed by atoms with Crippen molar-refractivity contribution in [3.63, 3.8) is 0 Å². The SMILES string of the molecule is CCC(=O)CN1CCN(c2ccccc2)CC1. The zero-order chi connectivity index (χ0) is 12.1. The van der Waals surface area contributed by atoms with E-state index in [2.05, 4.69) is 34.1 Å². The van der Waals surface area contributed by atoms with Gasteiger partial charge in [-0.25, -0.2) is 0 Å². The van der Waals surface area contributed by atoms with Crippen LogP contribution in [0.5, 0.6) is 0 Å². The maximum Gasteiger partial charge on any atom is 0.146 e. The van der Waals surface area contributed by atoms with Gasteiger partial charge >= 0.3 is 0 Å². The zero-order valence-corrected chi connectivity index (χ0v) is 10.4. The fraction of sp³-hybridized carbons (Fsp3) is 0.500. The van der Waals surface area contributed by atoms with E-state index >= 15 is 0 Å². The predicted octanol–water partition coefficient (Wildman–Crippen LogP) is 1.79. The van der Waals surface area contributed by atoms with Gasteiger partial charge in [0.15, 0.2) is 0 Å². The Morgan fingerprint density at radius 2 is 1.76 bits per heavy atom. The maximum atomic E-state index is 11.4. The van der Waals surface area contributed by atoms with Crippen molar-refractivity contribution < 1.29 is 4.79 Å². The lowest BCUT2D eigenvalue weighted by molar-refractivity contribution is -0.119. The molecule has 1 fully saturated rings. The van der Waals surface area contributed by atoms with Gasteiger partial charge in [-0.05, 0) is 12.1 Å². The van der Waals surface area contributed by atoms with Crippen molar-refractivity contribution in [1.29, 1.82) is 0 Å². The number of carbonyl (C=O) groups is 1. The monoisotopic (exact) mass is 232 g/mol. The minimum atomic E-state index is 0.346. The number of hydrogen-bond acceptors (Lipinski definition) is 3. The molecule has 1 heterocycles. The van der Waals surface area contributed by atoms with E-state index in [9.17, 15) is 4.79 Å². The molecule has 17 heavy (non-hydrogen) atoms. The van der Waals surface area contributed by atoms with Crippen LogP contribution in [-0.2, 0) is 4.79 Å². The van der Waals surface area contributed by atoms with Crippen molar-refractivity contribution in [3.8, 4) is 0 Å². The zero-order valence-electron chi connectivity index (χ0n) is 10.4. The minimum Gasteiger partial charge on any atom is -0.369 e. The quantitative estimate of drug-likeness (QED) is 0.790. The van der Waals surface area contributed by atoms with Crippen LogP contribution in [-0.4, -0.2) is 43.4 Å². The number of benzene rings is 1. The highest BCUT2D eigenvalue weighted by Gasteiger charge is 2.18. The lowest BCUT2D eigenvalue weighted by Gasteiger charge is -2.35. The van der Waals surface area contributed by atoms with Gasteiger partial charge in [-0.3, -0.25) is 9.69 Å². The lowest BCUT2D eigenvalue weighted by Crippen LogP contribution is -2.47. The number of ketones is 1. The number of carbonyl (C=O) groups excluding carboxylic acids is 1. The van der Waals surface area contributed by atoms with Crippen LogP contribution in [0.1, 0.15) is 13.3 Å². The molecule has 1 aromatic rings. The van der Waals surface area contributed by atoms with Crippen molar-refractivity contribution in [2.45, 2.75) is 13.3 Å². The van der Waals surface area contributed by atoms with Gasteiger partial charge in [0.05, 0.1) is 6.54 Å². The Morgan fingerprint density at radius 3 is 2.35 bits per heavy atom. The van der Waals surface area contributed by atoms with Crippen molar-refractivity contribution in [1.82, 2.24) is 4.90 Å². The van der Waals surface area contributed by atoms with E-state index in [-0.39, 0.29) is 0 Å². The molecule has 0 N–H and O–H groups in total. The number of rotatable bonds is 4. The number of piperazine rings is 1. The third kappa shape index (κ3) is 3.30. The number of Topliss-reactive ketones (excluding diaryl/α,β-unsaturated/α-hetero) is 1. The molecule has 0 bridgehead atoms. The van der Waals surface area contributed by atoms with E-state index < -0.39 is 0 Å². The van der Waals surface area contributed by atoms with Crippen molar-refractivity contribution >= 4 is 11.5 Å². The summed E-state index contributed by atoms with van der Waals surface area (Å²) in [7, 11) is 0. The molecule has 3 heteroatoms. The maximum absolute atomic E-state index is 11.4. The van der Waals surface area contributed by atoms with E-state index in [0.29, 0.717) is 18.7 Å². The first-order valence-corrected chi connectivity index (χ1v) is 6.33. The third-order valence-electron chi connectivity index (χ3n) is 3.29. The summed E-state index contributed by atoms with van der Waals surface area (Å²) < 4.78 is 0. The Morgan fingerprint density at radius 1 is 1.12 bits per heavy atom. The summed E-state index contributed by atoms with van der Waals surface area (Å²) in [6, 6.07) is 10.5. The average Bonchev–Trinajstić information content (AvgIpc) is 2.40. The van der Waals surface area contributed by atoms with Crippen LogP contribution in [0.25, 0.3) is 0 Å². The van der Waals surface area contributed by atoms with Gasteiger partial charge in [-0.1, -0.05) is 25.1 Å². The van der Waals surface area contributed by atoms with Crippen molar-refractivity contribution in [2.75, 3.05) is 37.6 Å². The molecule has 1 saturated heterocycles. The van der Waals surface area contributed by atoms with E-state index in [1.165, 1.54) is 5.69 Å². The molecule has 0 aliphatic carbocycles. The molecule has 2 rings (SSSR count). The van der Waals surface area contributed by atoms with E-state index in [0.717, 1.165) is 26.2 Å². The first kappa shape index (κ1) is 12.1. The summed E-state index contributed by atoms with van der Waals surface area (Å²) in [5, 5.41) is 0. The summed E-state index contributed by atoms with van der Waals surface area (Å²) in [4.78, 5) is 16.0. The molecule has 0 spiro atoms. The molecule has 1 aliphatic heterocycles. The Kier molecular flexibility index (Phi) is 4.15. The second kappa shape index (κ2) is 5.82. The van der Waals surface area contributed by atoms with Crippen LogP contribution < -0.4 is 4.90 Å². The molecule has 0 aromatic heterocycles. The van der Waals surface area contributed by atoms with Crippen molar-refractivity contribution in [3.05, 3.63) is 30.3 Å². The molecule has 0 unspecified atom stereocenters. The molecular formula is C14H20N2O. The number of hydrogen-bond donors (Lipinski definition) is 0. The number of nitrogens with zero attached hydrogens (tertiary/aromatic N) is 2. The molecule has 0 atom stereocenters. The number of anilines is 1. The average molecular weight is 232 g/mol. The summed E-state index contributed by atoms with van der Waals surface area (Å²) >= 11 is 0. The first-order chi connectivity index (χ1) is 8.29. The van der Waals surface area contributed by atoms with E-state index in [1.807, 2.05) is 13.0 Å². The molecule has 0 amide bonds. The van der Waals surface area contributed by atoms with Crippen LogP contribution in [0.3, 0.4) is 0 Å². The van der Waals surface area contributed by atoms with E-state index in [1.54, 1.807) is 0 Å². The summed E-state index contributed by atoms with van der Waals surface area (Å²) in [6.45, 7) is 6.56. The second-order valence-corrected chi connectivity index (χ2v) is 4.49. The summed E-state index contributed by atoms with van der Waals surface area (Å²) in [5.74, 6) is 0.346. The van der Waals surface area contributed by atoms with Gasteiger partial charge in [0.1, 0.15) is 5.78 Å². The Hall–Kier alpha value is -1.35. The topological polar surface area (TPSA) is 23.6 Å². The highest BCUT2D eigenvalue weighted by molar-refractivity contribution is 5.80. The van der Waals surface area contributed by atoms with Gasteiger partial charge in [0.2, 0.25) is 0 Å². The standard InChI is InChI=1S/C14H20N2O/c1-2-14(17)12-15-8-10-16(11-9-15)13-6-4-3-5-7-13/h3-7H,2,8-12H2,1H3. The molecule has 1 aromatic carbocycles. The summed E-state index contributed by atoms with van der Waals surface area (Å²) in [6.07, 6.45) is 0.652. The number of para-hydroxylation sites is 1. The predicted molar refractivity (Wildman–Crippen MR) is 70.4 cm³/mol. The van der Waals surface area contributed by atoms with Crippen LogP contribution >= 0.6 is 0 Å². The Bertz CT molecular complexity index is 356. The van der Waals surface area contributed by atoms with Crippen molar-refractivity contribution in [2.24, 2.45) is 0 Å². The molecular weight excluding hydrogens is 212 g/mol. The minimum absolute atomic E-state index is 0.346. The van der Waals surface area contributed by atoms with Gasteiger partial charge in [-0.15, -0.1) is 0 Å². The van der Waals surface area contributed by atoms with Gasteiger partial charge in [0.25, 0.3) is 0 Å². The highest BCUT2D eigenvalue weighted by Crippen LogP contribution is 2.15. The summed E-state index contributed by atoms with van der Waals surface area (Å²) in [5.41, 5.74) is 1.29. The normalized spacial score (nSPS) is 17.1. The third-order valence-corrected chi connectivity index (χ3v) is 3.29. The van der Waals surface area contributed by atoms with Gasteiger partial charge in [-0.2, -0.15) is 0 Å². The van der Waals surface area contributed by atoms with Crippen LogP contribution in [0.4, 0.5) is 5.69 Å². The molecule has 0 saturated carbocycles. The molecule has 92 valence electrons. The van der Waals surface area contributed by atoms with Crippen LogP contribution in [0.2, 0.25) is 0 Å². The lowest BCUT2D eigenvalue weighted by atomic mass is 10.2. The largest absolute Gasteiger partial charge is 0.369 e. The molecule has 3 nitrogen and oxygen atoms in total. The van der Waals surface area contributed by atoms with Gasteiger partial charge in [0, 0.05) is 38.3 Å². The molecule has 1 aliphatic rings. The Balaban J connectivity index is 1.84. The van der Waals surface area contributed by atoms with Crippen LogP contribution in [0.15, 0.2) is 30.3 Å². The van der Waals surface area contributed by atoms with E-state index in [4.69, 9.17) is 0 Å². The highest BCUT2D eigenvalue weighted by atomic mass is 16.1. The fourth-order valence-electron chi connectivity index (χ4n) is 2.16. The smallest absolute Gasteiger partial charge is 0.146 e. The fourth-order valence-corrected chi connectivity index (χ4v) is 2.16. The first-order valence-electron chi connectivity index (χ1n) is 6.33. The Labute approximate surface area is 103 Å².